The van der Waals surface area contributed by atoms with Crippen LogP contribution in [0, 0.1) is 6.92 Å². The molecule has 1 atom stereocenters. The van der Waals surface area contributed by atoms with Crippen molar-refractivity contribution in [2.45, 2.75) is 19.9 Å². The van der Waals surface area contributed by atoms with Crippen molar-refractivity contribution in [2.24, 2.45) is 0 Å². The third-order valence-corrected chi connectivity index (χ3v) is 4.57. The van der Waals surface area contributed by atoms with Gasteiger partial charge in [0.25, 0.3) is 0 Å². The molecule has 0 fully saturated rings. The van der Waals surface area contributed by atoms with Crippen LogP contribution in [0.1, 0.15) is 24.2 Å². The third-order valence-electron chi connectivity index (χ3n) is 4.57. The molecule has 0 spiro atoms. The standard InChI is InChI=1S/C22H20N6O2/c1-15-6-8-17(9-7-15)18-11-19(28-14-24-26-27-28)13-20(12-18)30-22(29)25-16(2)21-5-3-4-10-23-21/h3-14,16H,1-2H3,(H,25,29). The van der Waals surface area contributed by atoms with Crippen LogP contribution in [0.2, 0.25) is 0 Å². The number of carbonyl (C=O) groups excluding carboxylic acids is 1. The summed E-state index contributed by atoms with van der Waals surface area (Å²) in [5.74, 6) is 0.379. The van der Waals surface area contributed by atoms with E-state index < -0.39 is 6.09 Å². The molecule has 1 N–H and O–H groups in total. The van der Waals surface area contributed by atoms with Gasteiger partial charge in [0.15, 0.2) is 0 Å². The summed E-state index contributed by atoms with van der Waals surface area (Å²) in [7, 11) is 0. The molecule has 0 aliphatic rings. The van der Waals surface area contributed by atoms with E-state index in [9.17, 15) is 4.79 Å². The molecular weight excluding hydrogens is 380 g/mol. The lowest BCUT2D eigenvalue weighted by molar-refractivity contribution is 0.196. The first kappa shape index (κ1) is 19.3. The number of aryl methyl sites for hydroxylation is 1. The molecule has 150 valence electrons. The van der Waals surface area contributed by atoms with Crippen LogP contribution >= 0.6 is 0 Å². The molecule has 0 saturated carbocycles. The second-order valence-corrected chi connectivity index (χ2v) is 6.85. The Hall–Kier alpha value is -4.07. The highest BCUT2D eigenvalue weighted by Crippen LogP contribution is 2.28. The van der Waals surface area contributed by atoms with E-state index in [1.54, 1.807) is 12.3 Å². The zero-order valence-corrected chi connectivity index (χ0v) is 16.6. The molecule has 0 aliphatic heterocycles. The number of hydrogen-bond acceptors (Lipinski definition) is 6. The zero-order chi connectivity index (χ0) is 20.9. The molecule has 0 radical (unpaired) electrons. The Labute approximate surface area is 173 Å². The molecular formula is C22H20N6O2. The van der Waals surface area contributed by atoms with Crippen LogP contribution in [0.25, 0.3) is 16.8 Å². The highest BCUT2D eigenvalue weighted by molar-refractivity contribution is 5.74. The second-order valence-electron chi connectivity index (χ2n) is 6.85. The van der Waals surface area contributed by atoms with Crippen LogP contribution in [0.3, 0.4) is 0 Å². The smallest absolute Gasteiger partial charge is 0.410 e. The van der Waals surface area contributed by atoms with Gasteiger partial charge in [-0.2, -0.15) is 0 Å². The van der Waals surface area contributed by atoms with E-state index in [0.29, 0.717) is 11.4 Å². The SMILES string of the molecule is Cc1ccc(-c2cc(OC(=O)NC(C)c3ccccn3)cc(-n3cnnn3)c2)cc1. The maximum absolute atomic E-state index is 12.5. The normalized spacial score (nSPS) is 11.7. The van der Waals surface area contributed by atoms with Gasteiger partial charge >= 0.3 is 6.09 Å². The minimum Gasteiger partial charge on any atom is -0.410 e. The molecule has 8 heteroatoms. The molecule has 8 nitrogen and oxygen atoms in total. The van der Waals surface area contributed by atoms with Crippen LogP contribution in [-0.4, -0.2) is 31.3 Å². The fraction of sp³-hybridized carbons (Fsp3) is 0.136. The lowest BCUT2D eigenvalue weighted by Gasteiger charge is -2.14. The van der Waals surface area contributed by atoms with Crippen molar-refractivity contribution in [3.63, 3.8) is 0 Å². The number of amides is 1. The van der Waals surface area contributed by atoms with E-state index in [2.05, 4.69) is 25.8 Å². The van der Waals surface area contributed by atoms with Gasteiger partial charge in [0.05, 0.1) is 17.4 Å². The molecule has 2 aromatic heterocycles. The van der Waals surface area contributed by atoms with Crippen molar-refractivity contribution in [3.05, 3.63) is 84.4 Å². The maximum atomic E-state index is 12.5. The number of nitrogens with one attached hydrogen (secondary N) is 1. The van der Waals surface area contributed by atoms with Gasteiger partial charge in [-0.3, -0.25) is 4.98 Å². The van der Waals surface area contributed by atoms with Crippen molar-refractivity contribution in [3.8, 4) is 22.6 Å². The van der Waals surface area contributed by atoms with Gasteiger partial charge in [-0.15, -0.1) is 5.10 Å². The fourth-order valence-corrected chi connectivity index (χ4v) is 2.99. The van der Waals surface area contributed by atoms with E-state index in [4.69, 9.17) is 4.74 Å². The fourth-order valence-electron chi connectivity index (χ4n) is 2.99. The van der Waals surface area contributed by atoms with Gasteiger partial charge in [-0.1, -0.05) is 35.9 Å². The van der Waals surface area contributed by atoms with Crippen LogP contribution in [0.5, 0.6) is 5.75 Å². The molecule has 1 unspecified atom stereocenters. The van der Waals surface area contributed by atoms with Gasteiger partial charge in [0, 0.05) is 12.3 Å². The number of aromatic nitrogens is 5. The van der Waals surface area contributed by atoms with Gasteiger partial charge in [0.2, 0.25) is 0 Å². The van der Waals surface area contributed by atoms with Crippen LogP contribution in [0.15, 0.2) is 73.2 Å². The van der Waals surface area contributed by atoms with Crippen LogP contribution in [-0.2, 0) is 0 Å². The summed E-state index contributed by atoms with van der Waals surface area (Å²) >= 11 is 0. The number of rotatable bonds is 5. The van der Waals surface area contributed by atoms with E-state index in [1.165, 1.54) is 11.0 Å². The Morgan fingerprint density at radius 1 is 1.07 bits per heavy atom. The molecule has 0 bridgehead atoms. The average Bonchev–Trinajstić information content (AvgIpc) is 3.29. The lowest BCUT2D eigenvalue weighted by Crippen LogP contribution is -2.30. The summed E-state index contributed by atoms with van der Waals surface area (Å²) in [6.07, 6.45) is 2.60. The number of nitrogens with zero attached hydrogens (tertiary/aromatic N) is 5. The highest BCUT2D eigenvalue weighted by Gasteiger charge is 2.14. The van der Waals surface area contributed by atoms with Crippen molar-refractivity contribution < 1.29 is 9.53 Å². The van der Waals surface area contributed by atoms with E-state index in [0.717, 1.165) is 22.4 Å². The number of hydrogen-bond donors (Lipinski definition) is 1. The summed E-state index contributed by atoms with van der Waals surface area (Å²) in [5.41, 5.74) is 4.46. The summed E-state index contributed by atoms with van der Waals surface area (Å²) in [6, 6.07) is 18.8. The van der Waals surface area contributed by atoms with Gasteiger partial charge in [-0.05, 0) is 59.7 Å². The topological polar surface area (TPSA) is 94.8 Å². The van der Waals surface area contributed by atoms with Crippen molar-refractivity contribution in [2.75, 3.05) is 0 Å². The second kappa shape index (κ2) is 8.52. The Morgan fingerprint density at radius 2 is 1.90 bits per heavy atom. The summed E-state index contributed by atoms with van der Waals surface area (Å²) < 4.78 is 7.08. The molecule has 0 aliphatic carbocycles. The van der Waals surface area contributed by atoms with Crippen LogP contribution in [0.4, 0.5) is 4.79 Å². The molecule has 4 aromatic rings. The summed E-state index contributed by atoms with van der Waals surface area (Å²) in [4.78, 5) is 16.7. The Kier molecular flexibility index (Phi) is 5.47. The zero-order valence-electron chi connectivity index (χ0n) is 16.6. The van der Waals surface area contributed by atoms with Crippen molar-refractivity contribution >= 4 is 6.09 Å². The largest absolute Gasteiger partial charge is 0.413 e. The molecule has 4 rings (SSSR count). The van der Waals surface area contributed by atoms with Gasteiger partial charge in [0.1, 0.15) is 12.1 Å². The number of carbonyl (C=O) groups is 1. The predicted molar refractivity (Wildman–Crippen MR) is 111 cm³/mol. The first-order valence-electron chi connectivity index (χ1n) is 9.43. The number of benzene rings is 2. The number of pyridine rings is 1. The molecule has 0 saturated heterocycles. The van der Waals surface area contributed by atoms with Gasteiger partial charge in [-0.25, -0.2) is 9.48 Å². The summed E-state index contributed by atoms with van der Waals surface area (Å²) in [6.45, 7) is 3.88. The molecule has 1 amide bonds. The lowest BCUT2D eigenvalue weighted by atomic mass is 10.0. The number of ether oxygens (including phenoxy) is 1. The third kappa shape index (κ3) is 4.49. The van der Waals surface area contributed by atoms with Gasteiger partial charge < -0.3 is 10.1 Å². The van der Waals surface area contributed by atoms with Crippen molar-refractivity contribution in [1.82, 2.24) is 30.5 Å². The first-order chi connectivity index (χ1) is 14.6. The minimum absolute atomic E-state index is 0.294. The quantitative estimate of drug-likeness (QED) is 0.546. The van der Waals surface area contributed by atoms with Crippen LogP contribution < -0.4 is 10.1 Å². The monoisotopic (exact) mass is 400 g/mol. The molecule has 2 heterocycles. The first-order valence-corrected chi connectivity index (χ1v) is 9.43. The Balaban J connectivity index is 1.60. The Bertz CT molecular complexity index is 1130. The van der Waals surface area contributed by atoms with E-state index in [-0.39, 0.29) is 6.04 Å². The minimum atomic E-state index is -0.572. The highest BCUT2D eigenvalue weighted by atomic mass is 16.6. The maximum Gasteiger partial charge on any atom is 0.413 e. The Morgan fingerprint density at radius 3 is 2.60 bits per heavy atom. The average molecular weight is 400 g/mol. The van der Waals surface area contributed by atoms with E-state index in [1.807, 2.05) is 68.4 Å². The molecule has 2 aromatic carbocycles. The predicted octanol–water partition coefficient (Wildman–Crippen LogP) is 3.88. The van der Waals surface area contributed by atoms with Crippen molar-refractivity contribution in [1.29, 1.82) is 0 Å². The summed E-state index contributed by atoms with van der Waals surface area (Å²) in [5, 5.41) is 14.1. The molecule has 30 heavy (non-hydrogen) atoms. The number of tetrazole rings is 1. The van der Waals surface area contributed by atoms with E-state index >= 15 is 0 Å².